The fourth-order valence-corrected chi connectivity index (χ4v) is 1.39. The molecule has 19 heavy (non-hydrogen) atoms. The van der Waals surface area contributed by atoms with Gasteiger partial charge in [-0.3, -0.25) is 4.98 Å². The van der Waals surface area contributed by atoms with Crippen LogP contribution in [0.1, 0.15) is 5.69 Å². The molecule has 0 saturated carbocycles. The summed E-state index contributed by atoms with van der Waals surface area (Å²) in [7, 11) is 1.02. The fraction of sp³-hybridized carbons (Fsp3) is 0.0909. The lowest BCUT2D eigenvalue weighted by atomic mass is 10.3. The van der Waals surface area contributed by atoms with Gasteiger partial charge in [-0.15, -0.1) is 0 Å². The van der Waals surface area contributed by atoms with Crippen molar-refractivity contribution in [2.24, 2.45) is 0 Å². The predicted molar refractivity (Wildman–Crippen MR) is 65.1 cm³/mol. The molecule has 8 nitrogen and oxygen atoms in total. The molecule has 0 aliphatic rings. The number of nitrogens with one attached hydrogen (secondary N) is 1. The number of quaternary nitrogens is 1. The van der Waals surface area contributed by atoms with Crippen molar-refractivity contribution < 1.29 is 19.6 Å². The van der Waals surface area contributed by atoms with E-state index >= 15 is 0 Å². The molecule has 1 N–H and O–H groups in total. The molecule has 0 aliphatic heterocycles. The molecule has 1 aromatic carbocycles. The summed E-state index contributed by atoms with van der Waals surface area (Å²) in [6.07, 6.45) is 0.969. The lowest BCUT2D eigenvalue weighted by Gasteiger charge is -2.13. The third kappa shape index (κ3) is 2.81. The van der Waals surface area contributed by atoms with Gasteiger partial charge in [0.15, 0.2) is 5.69 Å². The molecule has 0 bridgehead atoms. The van der Waals surface area contributed by atoms with E-state index in [2.05, 4.69) is 14.7 Å². The zero-order chi connectivity index (χ0) is 13.8. The van der Waals surface area contributed by atoms with Crippen LogP contribution in [0.4, 0.5) is 4.79 Å². The van der Waals surface area contributed by atoms with Crippen molar-refractivity contribution >= 4 is 23.3 Å². The number of rotatable bonds is 2. The maximum Gasteiger partial charge on any atom is 0.574 e. The van der Waals surface area contributed by atoms with Crippen LogP contribution in [0.2, 0.25) is 0 Å². The van der Waals surface area contributed by atoms with Crippen molar-refractivity contribution in [2.75, 3.05) is 7.11 Å². The first-order valence-corrected chi connectivity index (χ1v) is 5.27. The maximum absolute atomic E-state index is 11.4. The minimum absolute atomic E-state index is 0.134. The van der Waals surface area contributed by atoms with Crippen LogP contribution in [0, 0.1) is 10.4 Å². The number of carbonyl (C=O) groups is 1. The van der Waals surface area contributed by atoms with Gasteiger partial charge in [0.05, 0.1) is 24.3 Å². The standard InChI is InChI=1S/C11H10N4O4/c1-19-11(16)15(18)14(17)7-8-6-12-9-4-2-3-5-10(9)13-8/h2-7,15H,1H3/b14-7-. The molecule has 1 atom stereocenters. The number of ether oxygens (including phenoxy) is 1. The number of nitrogens with zero attached hydrogens (tertiary/aromatic N) is 3. The van der Waals surface area contributed by atoms with Crippen molar-refractivity contribution in [1.82, 2.24) is 9.97 Å². The highest BCUT2D eigenvalue weighted by atomic mass is 16.7. The number of carbonyl (C=O) groups excluding carboxylic acids is 1. The van der Waals surface area contributed by atoms with Gasteiger partial charge in [-0.2, -0.15) is 4.79 Å². The van der Waals surface area contributed by atoms with E-state index in [1.54, 1.807) is 24.3 Å². The Morgan fingerprint density at radius 1 is 1.42 bits per heavy atom. The van der Waals surface area contributed by atoms with Crippen molar-refractivity contribution in [1.29, 1.82) is 0 Å². The molecular weight excluding hydrogens is 252 g/mol. The molecule has 0 spiro atoms. The summed E-state index contributed by atoms with van der Waals surface area (Å²) in [5, 5.41) is 21.3. The molecule has 1 unspecified atom stereocenters. The average Bonchev–Trinajstić information content (AvgIpc) is 2.45. The number of hydroxylamine groups is 1. The number of amides is 1. The van der Waals surface area contributed by atoms with E-state index in [4.69, 9.17) is 0 Å². The predicted octanol–water partition coefficient (Wildman–Crippen LogP) is -0.377. The van der Waals surface area contributed by atoms with E-state index in [0.29, 0.717) is 11.0 Å². The summed E-state index contributed by atoms with van der Waals surface area (Å²) in [5.41, 5.74) is 1.41. The van der Waals surface area contributed by atoms with Gasteiger partial charge in [-0.25, -0.2) is 4.98 Å². The highest BCUT2D eigenvalue weighted by Crippen LogP contribution is 2.06. The van der Waals surface area contributed by atoms with E-state index in [1.807, 2.05) is 0 Å². The van der Waals surface area contributed by atoms with E-state index in [0.717, 1.165) is 13.3 Å². The number of methoxy groups -OCH3 is 1. The fourth-order valence-electron chi connectivity index (χ4n) is 1.39. The van der Waals surface area contributed by atoms with E-state index < -0.39 is 11.3 Å². The van der Waals surface area contributed by atoms with Crippen molar-refractivity contribution in [3.05, 3.63) is 46.6 Å². The Morgan fingerprint density at radius 2 is 2.11 bits per heavy atom. The zero-order valence-electron chi connectivity index (χ0n) is 9.94. The lowest BCUT2D eigenvalue weighted by molar-refractivity contribution is -1.24. The van der Waals surface area contributed by atoms with Crippen LogP contribution in [0.15, 0.2) is 30.5 Å². The molecule has 0 fully saturated rings. The quantitative estimate of drug-likeness (QED) is 0.342. The Hall–Kier alpha value is -2.58. The van der Waals surface area contributed by atoms with Crippen molar-refractivity contribution in [3.8, 4) is 0 Å². The number of fused-ring (bicyclic) bond motifs is 1. The Bertz CT molecular complexity index is 643. The first kappa shape index (κ1) is 12.9. The number of hydrogen-bond donors (Lipinski definition) is 1. The highest BCUT2D eigenvalue weighted by Gasteiger charge is 2.18. The molecule has 2 aromatic rings. The molecule has 1 aromatic heterocycles. The monoisotopic (exact) mass is 262 g/mol. The van der Waals surface area contributed by atoms with Gasteiger partial charge in [0.1, 0.15) is 0 Å². The molecule has 98 valence electrons. The van der Waals surface area contributed by atoms with E-state index in [-0.39, 0.29) is 10.5 Å². The largest absolute Gasteiger partial charge is 0.574 e. The molecule has 2 rings (SSSR count). The van der Waals surface area contributed by atoms with E-state index in [9.17, 15) is 15.2 Å². The molecule has 8 heteroatoms. The van der Waals surface area contributed by atoms with Crippen LogP contribution in [0.3, 0.4) is 0 Å². The summed E-state index contributed by atoms with van der Waals surface area (Å²) in [6, 6.07) is 7.06. The summed E-state index contributed by atoms with van der Waals surface area (Å²) in [6.45, 7) is 0. The average molecular weight is 262 g/mol. The van der Waals surface area contributed by atoms with Crippen molar-refractivity contribution in [2.45, 2.75) is 0 Å². The normalized spacial score (nSPS) is 13.3. The lowest BCUT2D eigenvalue weighted by Crippen LogP contribution is -3.13. The van der Waals surface area contributed by atoms with Gasteiger partial charge >= 0.3 is 6.09 Å². The molecular formula is C11H10N4O4. The van der Waals surface area contributed by atoms with Gasteiger partial charge in [0.25, 0.3) is 6.21 Å². The molecule has 0 aliphatic carbocycles. The second-order valence-corrected chi connectivity index (χ2v) is 3.54. The van der Waals surface area contributed by atoms with E-state index in [1.165, 1.54) is 6.20 Å². The third-order valence-corrected chi connectivity index (χ3v) is 2.28. The van der Waals surface area contributed by atoms with Crippen LogP contribution in [-0.2, 0) is 4.74 Å². The van der Waals surface area contributed by atoms with Gasteiger partial charge in [0.2, 0.25) is 0 Å². The van der Waals surface area contributed by atoms with Gasteiger partial charge < -0.3 is 15.2 Å². The van der Waals surface area contributed by atoms with Crippen LogP contribution >= 0.6 is 0 Å². The summed E-state index contributed by atoms with van der Waals surface area (Å²) in [4.78, 5) is 18.9. The maximum atomic E-state index is 11.4. The highest BCUT2D eigenvalue weighted by molar-refractivity contribution is 5.79. The minimum Gasteiger partial charge on any atom is -0.570 e. The second kappa shape index (κ2) is 5.38. The SMILES string of the molecule is COC(=O)[NH+]([O-])/[N+]([O-])=C/c1cnc2ccccc2n1. The first-order chi connectivity index (χ1) is 9.11. The van der Waals surface area contributed by atoms with Gasteiger partial charge in [-0.05, 0) is 22.2 Å². The third-order valence-electron chi connectivity index (χ3n) is 2.28. The van der Waals surface area contributed by atoms with Crippen LogP contribution in [0.5, 0.6) is 0 Å². The van der Waals surface area contributed by atoms with Crippen molar-refractivity contribution in [3.63, 3.8) is 0 Å². The molecule has 1 heterocycles. The Balaban J connectivity index is 2.32. The minimum atomic E-state index is -1.32. The number of para-hydroxylation sites is 2. The Labute approximate surface area is 107 Å². The van der Waals surface area contributed by atoms with Crippen LogP contribution in [0.25, 0.3) is 11.0 Å². The second-order valence-electron chi connectivity index (χ2n) is 3.54. The number of aromatic nitrogens is 2. The van der Waals surface area contributed by atoms with Crippen LogP contribution in [-0.4, -0.2) is 34.2 Å². The van der Waals surface area contributed by atoms with Gasteiger partial charge in [-0.1, -0.05) is 12.1 Å². The van der Waals surface area contributed by atoms with Gasteiger partial charge in [0, 0.05) is 0 Å². The molecule has 0 radical (unpaired) electrons. The zero-order valence-corrected chi connectivity index (χ0v) is 9.94. The smallest absolute Gasteiger partial charge is 0.570 e. The first-order valence-electron chi connectivity index (χ1n) is 5.27. The van der Waals surface area contributed by atoms with Crippen LogP contribution < -0.4 is 5.17 Å². The number of hydrogen-bond acceptors (Lipinski definition) is 6. The topological polar surface area (TPSA) is 106 Å². The Kier molecular flexibility index (Phi) is 3.64. The summed E-state index contributed by atoms with van der Waals surface area (Å²) < 4.78 is 4.15. The molecule has 1 amide bonds. The molecule has 0 saturated heterocycles. The number of benzene rings is 1. The Morgan fingerprint density at radius 3 is 2.79 bits per heavy atom. The summed E-state index contributed by atoms with van der Waals surface area (Å²) >= 11 is 0. The summed E-state index contributed by atoms with van der Waals surface area (Å²) in [5.74, 6) is 0.